The maximum absolute atomic E-state index is 11.7. The van der Waals surface area contributed by atoms with Crippen molar-refractivity contribution in [2.45, 2.75) is 0 Å². The standard InChI is InChI=1S/C12H17N3O3/c1-13-7-11(16)15-10-5-4-8(18-3)6-9(10)12(17)14-2/h4-6,13H,7H2,1-3H3,(H,14,17)(H,15,16). The third-order valence-corrected chi connectivity index (χ3v) is 2.31. The first-order valence-corrected chi connectivity index (χ1v) is 5.47. The van der Waals surface area contributed by atoms with Crippen molar-refractivity contribution < 1.29 is 14.3 Å². The number of likely N-dealkylation sites (N-methyl/N-ethyl adjacent to an activating group) is 1. The van der Waals surface area contributed by atoms with Crippen molar-refractivity contribution in [3.8, 4) is 5.75 Å². The zero-order valence-electron chi connectivity index (χ0n) is 10.7. The molecule has 98 valence electrons. The Morgan fingerprint density at radius 2 is 2.00 bits per heavy atom. The Bertz CT molecular complexity index is 446. The Hall–Kier alpha value is -2.08. The Labute approximate surface area is 106 Å². The van der Waals surface area contributed by atoms with Crippen LogP contribution in [0.25, 0.3) is 0 Å². The summed E-state index contributed by atoms with van der Waals surface area (Å²) in [6.07, 6.45) is 0. The molecule has 0 aliphatic heterocycles. The van der Waals surface area contributed by atoms with Gasteiger partial charge in [0.05, 0.1) is 24.9 Å². The van der Waals surface area contributed by atoms with E-state index in [1.165, 1.54) is 14.2 Å². The highest BCUT2D eigenvalue weighted by molar-refractivity contribution is 6.04. The molecule has 0 unspecified atom stereocenters. The fourth-order valence-electron chi connectivity index (χ4n) is 1.44. The summed E-state index contributed by atoms with van der Waals surface area (Å²) in [6, 6.07) is 4.90. The van der Waals surface area contributed by atoms with E-state index in [0.29, 0.717) is 17.0 Å². The van der Waals surface area contributed by atoms with E-state index in [4.69, 9.17) is 4.74 Å². The van der Waals surface area contributed by atoms with Crippen LogP contribution in [-0.2, 0) is 4.79 Å². The molecular formula is C12H17N3O3. The number of nitrogens with one attached hydrogen (secondary N) is 3. The summed E-state index contributed by atoms with van der Waals surface area (Å²) in [6.45, 7) is 0.180. The van der Waals surface area contributed by atoms with E-state index in [-0.39, 0.29) is 18.4 Å². The third kappa shape index (κ3) is 3.46. The Balaban J connectivity index is 3.02. The molecule has 0 heterocycles. The van der Waals surface area contributed by atoms with E-state index in [2.05, 4.69) is 16.0 Å². The number of carbonyl (C=O) groups excluding carboxylic acids is 2. The summed E-state index contributed by atoms with van der Waals surface area (Å²) in [5.41, 5.74) is 0.816. The van der Waals surface area contributed by atoms with Gasteiger partial charge in [-0.2, -0.15) is 0 Å². The highest BCUT2D eigenvalue weighted by Gasteiger charge is 2.13. The molecule has 0 fully saturated rings. The first-order valence-electron chi connectivity index (χ1n) is 5.47. The number of carbonyl (C=O) groups is 2. The molecule has 18 heavy (non-hydrogen) atoms. The quantitative estimate of drug-likeness (QED) is 0.699. The highest BCUT2D eigenvalue weighted by atomic mass is 16.5. The van der Waals surface area contributed by atoms with Gasteiger partial charge >= 0.3 is 0 Å². The molecule has 3 N–H and O–H groups in total. The number of amides is 2. The summed E-state index contributed by atoms with van der Waals surface area (Å²) in [7, 11) is 4.72. The first-order chi connectivity index (χ1) is 8.62. The van der Waals surface area contributed by atoms with E-state index in [1.807, 2.05) is 0 Å². The fourth-order valence-corrected chi connectivity index (χ4v) is 1.44. The van der Waals surface area contributed by atoms with Gasteiger partial charge in [-0.1, -0.05) is 0 Å². The summed E-state index contributed by atoms with van der Waals surface area (Å²) in [5, 5.41) is 7.91. The molecule has 0 aliphatic carbocycles. The summed E-state index contributed by atoms with van der Waals surface area (Å²) >= 11 is 0. The third-order valence-electron chi connectivity index (χ3n) is 2.31. The van der Waals surface area contributed by atoms with Crippen molar-refractivity contribution in [1.29, 1.82) is 0 Å². The minimum atomic E-state index is -0.284. The van der Waals surface area contributed by atoms with Gasteiger partial charge in [0.15, 0.2) is 0 Å². The van der Waals surface area contributed by atoms with Gasteiger partial charge in [0.2, 0.25) is 5.91 Å². The molecule has 0 bridgehead atoms. The van der Waals surface area contributed by atoms with Gasteiger partial charge in [0, 0.05) is 7.05 Å². The number of benzene rings is 1. The SMILES string of the molecule is CNCC(=O)Nc1ccc(OC)cc1C(=O)NC. The second-order valence-corrected chi connectivity index (χ2v) is 3.57. The smallest absolute Gasteiger partial charge is 0.253 e. The molecule has 6 heteroatoms. The van der Waals surface area contributed by atoms with Crippen LogP contribution in [0, 0.1) is 0 Å². The van der Waals surface area contributed by atoms with Crippen LogP contribution in [0.5, 0.6) is 5.75 Å². The van der Waals surface area contributed by atoms with Gasteiger partial charge < -0.3 is 20.7 Å². The number of ether oxygens (including phenoxy) is 1. The van der Waals surface area contributed by atoms with E-state index in [1.54, 1.807) is 25.2 Å². The van der Waals surface area contributed by atoms with Crippen LogP contribution in [0.15, 0.2) is 18.2 Å². The summed E-state index contributed by atoms with van der Waals surface area (Å²) < 4.78 is 5.05. The van der Waals surface area contributed by atoms with E-state index < -0.39 is 0 Å². The van der Waals surface area contributed by atoms with Crippen molar-refractivity contribution in [3.05, 3.63) is 23.8 Å². The van der Waals surface area contributed by atoms with Gasteiger partial charge in [-0.3, -0.25) is 9.59 Å². The topological polar surface area (TPSA) is 79.5 Å². The zero-order chi connectivity index (χ0) is 13.5. The van der Waals surface area contributed by atoms with Gasteiger partial charge in [-0.05, 0) is 25.2 Å². The van der Waals surface area contributed by atoms with Crippen LogP contribution in [0.4, 0.5) is 5.69 Å². The maximum atomic E-state index is 11.7. The van der Waals surface area contributed by atoms with E-state index >= 15 is 0 Å². The maximum Gasteiger partial charge on any atom is 0.253 e. The second-order valence-electron chi connectivity index (χ2n) is 3.57. The molecule has 1 rings (SSSR count). The van der Waals surface area contributed by atoms with Crippen LogP contribution < -0.4 is 20.7 Å². The molecule has 0 saturated heterocycles. The second kappa shape index (κ2) is 6.61. The van der Waals surface area contributed by atoms with Crippen LogP contribution in [0.1, 0.15) is 10.4 Å². The van der Waals surface area contributed by atoms with Crippen molar-refractivity contribution in [2.24, 2.45) is 0 Å². The average Bonchev–Trinajstić information content (AvgIpc) is 2.38. The predicted molar refractivity (Wildman–Crippen MR) is 68.9 cm³/mol. The van der Waals surface area contributed by atoms with Crippen molar-refractivity contribution >= 4 is 17.5 Å². The summed E-state index contributed by atoms with van der Waals surface area (Å²) in [4.78, 5) is 23.2. The lowest BCUT2D eigenvalue weighted by molar-refractivity contribution is -0.115. The van der Waals surface area contributed by atoms with Crippen LogP contribution in [-0.4, -0.2) is 39.6 Å². The molecule has 0 radical (unpaired) electrons. The lowest BCUT2D eigenvalue weighted by Crippen LogP contribution is -2.27. The number of anilines is 1. The first kappa shape index (κ1) is 14.0. The minimum absolute atomic E-state index is 0.180. The van der Waals surface area contributed by atoms with E-state index in [9.17, 15) is 9.59 Å². The Kier molecular flexibility index (Phi) is 5.13. The zero-order valence-corrected chi connectivity index (χ0v) is 10.7. The lowest BCUT2D eigenvalue weighted by atomic mass is 10.1. The van der Waals surface area contributed by atoms with Gasteiger partial charge in [-0.15, -0.1) is 0 Å². The minimum Gasteiger partial charge on any atom is -0.497 e. The van der Waals surface area contributed by atoms with Crippen molar-refractivity contribution in [3.63, 3.8) is 0 Å². The van der Waals surface area contributed by atoms with Crippen LogP contribution in [0.3, 0.4) is 0 Å². The molecule has 0 atom stereocenters. The monoisotopic (exact) mass is 251 g/mol. The normalized spacial score (nSPS) is 9.72. The van der Waals surface area contributed by atoms with E-state index in [0.717, 1.165) is 0 Å². The fraction of sp³-hybridized carbons (Fsp3) is 0.333. The number of hydrogen-bond donors (Lipinski definition) is 3. The van der Waals surface area contributed by atoms with Gasteiger partial charge in [0.1, 0.15) is 5.75 Å². The molecule has 6 nitrogen and oxygen atoms in total. The van der Waals surface area contributed by atoms with Gasteiger partial charge in [-0.25, -0.2) is 0 Å². The number of rotatable bonds is 5. The molecular weight excluding hydrogens is 234 g/mol. The van der Waals surface area contributed by atoms with Crippen molar-refractivity contribution in [2.75, 3.05) is 33.1 Å². The highest BCUT2D eigenvalue weighted by Crippen LogP contribution is 2.21. The molecule has 0 aromatic heterocycles. The molecule has 0 saturated carbocycles. The molecule has 1 aromatic rings. The Morgan fingerprint density at radius 1 is 1.28 bits per heavy atom. The molecule has 0 spiro atoms. The summed E-state index contributed by atoms with van der Waals surface area (Å²) in [5.74, 6) is 0.0571. The van der Waals surface area contributed by atoms with Crippen LogP contribution in [0.2, 0.25) is 0 Å². The average molecular weight is 251 g/mol. The van der Waals surface area contributed by atoms with Gasteiger partial charge in [0.25, 0.3) is 5.91 Å². The largest absolute Gasteiger partial charge is 0.497 e. The lowest BCUT2D eigenvalue weighted by Gasteiger charge is -2.11. The number of hydrogen-bond acceptors (Lipinski definition) is 4. The molecule has 2 amide bonds. The predicted octanol–water partition coefficient (Wildman–Crippen LogP) is 0.213. The molecule has 0 aliphatic rings. The number of methoxy groups -OCH3 is 1. The Morgan fingerprint density at radius 3 is 2.56 bits per heavy atom. The van der Waals surface area contributed by atoms with Crippen molar-refractivity contribution in [1.82, 2.24) is 10.6 Å². The molecule has 1 aromatic carbocycles. The van der Waals surface area contributed by atoms with Crippen LogP contribution >= 0.6 is 0 Å².